The molecule has 0 N–H and O–H groups in total. The molecule has 0 atom stereocenters. The minimum atomic E-state index is 0.286. The minimum Gasteiger partial charge on any atom is -0.298 e. The summed E-state index contributed by atoms with van der Waals surface area (Å²) >= 11 is 17.9. The molecule has 1 aromatic carbocycles. The van der Waals surface area contributed by atoms with Crippen LogP contribution in [-0.2, 0) is 0 Å². The van der Waals surface area contributed by atoms with Crippen LogP contribution in [0.4, 0.5) is 0 Å². The van der Waals surface area contributed by atoms with Crippen LogP contribution in [0.25, 0.3) is 11.1 Å². The Morgan fingerprint density at radius 2 is 1.76 bits per heavy atom. The molecular formula is C12H6Cl3NO. The van der Waals surface area contributed by atoms with Crippen molar-refractivity contribution in [3.8, 4) is 11.1 Å². The number of benzene rings is 1. The van der Waals surface area contributed by atoms with Gasteiger partial charge in [0.2, 0.25) is 0 Å². The second-order valence-corrected chi connectivity index (χ2v) is 4.58. The lowest BCUT2D eigenvalue weighted by molar-refractivity contribution is 0.112. The molecule has 2 nitrogen and oxygen atoms in total. The molecule has 86 valence electrons. The first-order valence-corrected chi connectivity index (χ1v) is 5.81. The molecule has 0 spiro atoms. The number of nitrogens with zero attached hydrogens (tertiary/aromatic N) is 1. The van der Waals surface area contributed by atoms with Gasteiger partial charge in [-0.25, -0.2) is 0 Å². The molecule has 0 bridgehead atoms. The van der Waals surface area contributed by atoms with Crippen LogP contribution >= 0.6 is 34.8 Å². The van der Waals surface area contributed by atoms with E-state index in [1.54, 1.807) is 18.2 Å². The predicted octanol–water partition coefficient (Wildman–Crippen LogP) is 4.52. The van der Waals surface area contributed by atoms with Crippen LogP contribution in [-0.4, -0.2) is 11.3 Å². The van der Waals surface area contributed by atoms with Gasteiger partial charge in [-0.15, -0.1) is 0 Å². The Morgan fingerprint density at radius 1 is 1.00 bits per heavy atom. The fraction of sp³-hybridized carbons (Fsp3) is 0. The second kappa shape index (κ2) is 5.05. The van der Waals surface area contributed by atoms with Gasteiger partial charge in [0.05, 0.1) is 5.02 Å². The number of hydrogen-bond donors (Lipinski definition) is 0. The number of hydrogen-bond acceptors (Lipinski definition) is 2. The van der Waals surface area contributed by atoms with Crippen LogP contribution in [0.3, 0.4) is 0 Å². The van der Waals surface area contributed by atoms with Crippen molar-refractivity contribution >= 4 is 41.1 Å². The number of halogens is 3. The van der Waals surface area contributed by atoms with E-state index in [1.165, 1.54) is 12.4 Å². The van der Waals surface area contributed by atoms with E-state index in [9.17, 15) is 4.79 Å². The molecule has 2 rings (SSSR count). The second-order valence-electron chi connectivity index (χ2n) is 3.32. The first-order valence-electron chi connectivity index (χ1n) is 4.67. The molecule has 0 aliphatic rings. The van der Waals surface area contributed by atoms with Crippen LogP contribution in [0.2, 0.25) is 15.1 Å². The highest BCUT2D eigenvalue weighted by Crippen LogP contribution is 2.33. The lowest BCUT2D eigenvalue weighted by Crippen LogP contribution is -1.91. The molecule has 0 amide bonds. The van der Waals surface area contributed by atoms with E-state index in [-0.39, 0.29) is 5.02 Å². The van der Waals surface area contributed by atoms with Crippen molar-refractivity contribution in [2.24, 2.45) is 0 Å². The highest BCUT2D eigenvalue weighted by molar-refractivity contribution is 6.36. The Labute approximate surface area is 113 Å². The van der Waals surface area contributed by atoms with Gasteiger partial charge in [-0.1, -0.05) is 34.8 Å². The fourth-order valence-corrected chi connectivity index (χ4v) is 2.08. The van der Waals surface area contributed by atoms with Gasteiger partial charge in [-0.3, -0.25) is 9.78 Å². The number of aldehydes is 1. The first kappa shape index (κ1) is 12.4. The summed E-state index contributed by atoms with van der Waals surface area (Å²) in [7, 11) is 0. The van der Waals surface area contributed by atoms with Gasteiger partial charge >= 0.3 is 0 Å². The van der Waals surface area contributed by atoms with Crippen LogP contribution in [0, 0.1) is 0 Å². The molecule has 0 saturated heterocycles. The molecule has 17 heavy (non-hydrogen) atoms. The van der Waals surface area contributed by atoms with Crippen LogP contribution < -0.4 is 0 Å². The van der Waals surface area contributed by atoms with Gasteiger partial charge in [-0.05, 0) is 18.2 Å². The van der Waals surface area contributed by atoms with E-state index in [0.29, 0.717) is 33.0 Å². The van der Waals surface area contributed by atoms with Gasteiger partial charge < -0.3 is 0 Å². The van der Waals surface area contributed by atoms with Gasteiger partial charge in [0, 0.05) is 39.1 Å². The van der Waals surface area contributed by atoms with E-state index in [0.717, 1.165) is 0 Å². The smallest absolute Gasteiger partial charge is 0.152 e. The minimum absolute atomic E-state index is 0.286. The quantitative estimate of drug-likeness (QED) is 0.760. The van der Waals surface area contributed by atoms with E-state index in [2.05, 4.69) is 4.98 Å². The average Bonchev–Trinajstić information content (AvgIpc) is 2.32. The van der Waals surface area contributed by atoms with E-state index in [4.69, 9.17) is 34.8 Å². The Kier molecular flexibility index (Phi) is 3.67. The summed E-state index contributed by atoms with van der Waals surface area (Å²) in [4.78, 5) is 15.0. The van der Waals surface area contributed by atoms with Crippen LogP contribution in [0.15, 0.2) is 30.6 Å². The molecular weight excluding hydrogens is 280 g/mol. The zero-order valence-corrected chi connectivity index (χ0v) is 10.7. The molecule has 5 heteroatoms. The standard InChI is InChI=1S/C12H6Cl3NO/c13-7-1-2-11(14)8(3-7)9-4-16-5-12(15)10(9)6-17/h1-6H. The zero-order chi connectivity index (χ0) is 12.4. The summed E-state index contributed by atoms with van der Waals surface area (Å²) in [5.74, 6) is 0. The predicted molar refractivity (Wildman–Crippen MR) is 70.1 cm³/mol. The van der Waals surface area contributed by atoms with Crippen molar-refractivity contribution in [3.05, 3.63) is 51.2 Å². The van der Waals surface area contributed by atoms with Crippen molar-refractivity contribution in [1.82, 2.24) is 4.98 Å². The lowest BCUT2D eigenvalue weighted by Gasteiger charge is -2.08. The van der Waals surface area contributed by atoms with Crippen molar-refractivity contribution in [3.63, 3.8) is 0 Å². The molecule has 0 unspecified atom stereocenters. The van der Waals surface area contributed by atoms with Crippen LogP contribution in [0.5, 0.6) is 0 Å². The lowest BCUT2D eigenvalue weighted by atomic mass is 10.0. The van der Waals surface area contributed by atoms with Crippen LogP contribution in [0.1, 0.15) is 10.4 Å². The molecule has 1 heterocycles. The van der Waals surface area contributed by atoms with Crippen molar-refractivity contribution in [2.75, 3.05) is 0 Å². The maximum atomic E-state index is 11.0. The molecule has 0 saturated carbocycles. The third kappa shape index (κ3) is 2.44. The van der Waals surface area contributed by atoms with E-state index < -0.39 is 0 Å². The summed E-state index contributed by atoms with van der Waals surface area (Å²) in [5, 5.41) is 1.30. The third-order valence-electron chi connectivity index (χ3n) is 2.28. The highest BCUT2D eigenvalue weighted by atomic mass is 35.5. The van der Waals surface area contributed by atoms with Gasteiger partial charge in [0.1, 0.15) is 0 Å². The Balaban J connectivity index is 2.72. The number of pyridine rings is 1. The topological polar surface area (TPSA) is 30.0 Å². The Morgan fingerprint density at radius 3 is 2.47 bits per heavy atom. The molecule has 2 aromatic rings. The van der Waals surface area contributed by atoms with Gasteiger partial charge in [0.25, 0.3) is 0 Å². The number of rotatable bonds is 2. The normalized spacial score (nSPS) is 10.3. The SMILES string of the molecule is O=Cc1c(Cl)cncc1-c1cc(Cl)ccc1Cl. The summed E-state index contributed by atoms with van der Waals surface area (Å²) in [6.07, 6.45) is 3.62. The Hall–Kier alpha value is -1.09. The molecule has 0 aliphatic heterocycles. The summed E-state index contributed by atoms with van der Waals surface area (Å²) in [6, 6.07) is 5.00. The molecule has 0 radical (unpaired) electrons. The van der Waals surface area contributed by atoms with Gasteiger partial charge in [0.15, 0.2) is 6.29 Å². The maximum Gasteiger partial charge on any atom is 0.152 e. The van der Waals surface area contributed by atoms with E-state index >= 15 is 0 Å². The Bertz CT molecular complexity index is 584. The number of carbonyl (C=O) groups excluding carboxylic acids is 1. The molecule has 1 aromatic heterocycles. The first-order chi connectivity index (χ1) is 8.13. The summed E-state index contributed by atoms with van der Waals surface area (Å²) in [6.45, 7) is 0. The zero-order valence-electron chi connectivity index (χ0n) is 8.45. The summed E-state index contributed by atoms with van der Waals surface area (Å²) < 4.78 is 0. The number of aromatic nitrogens is 1. The van der Waals surface area contributed by atoms with Crippen molar-refractivity contribution in [2.45, 2.75) is 0 Å². The van der Waals surface area contributed by atoms with Crippen molar-refractivity contribution in [1.29, 1.82) is 0 Å². The molecule has 0 aliphatic carbocycles. The van der Waals surface area contributed by atoms with E-state index in [1.807, 2.05) is 0 Å². The summed E-state index contributed by atoms with van der Waals surface area (Å²) in [5.41, 5.74) is 1.56. The average molecular weight is 287 g/mol. The number of carbonyl (C=O) groups is 1. The van der Waals surface area contributed by atoms with Gasteiger partial charge in [-0.2, -0.15) is 0 Å². The highest BCUT2D eigenvalue weighted by Gasteiger charge is 2.12. The fourth-order valence-electron chi connectivity index (χ4n) is 1.48. The van der Waals surface area contributed by atoms with Crippen molar-refractivity contribution < 1.29 is 4.79 Å². The third-order valence-corrected chi connectivity index (χ3v) is 3.14. The molecule has 0 fully saturated rings. The maximum absolute atomic E-state index is 11.0. The largest absolute Gasteiger partial charge is 0.298 e. The monoisotopic (exact) mass is 285 g/mol.